The summed E-state index contributed by atoms with van der Waals surface area (Å²) in [5.74, 6) is 2.92. The van der Waals surface area contributed by atoms with Gasteiger partial charge in [0.15, 0.2) is 5.69 Å². The number of anilines is 1. The normalized spacial score (nSPS) is 32.8. The van der Waals surface area contributed by atoms with Crippen molar-refractivity contribution >= 4 is 5.95 Å². The lowest BCUT2D eigenvalue weighted by Crippen LogP contribution is -2.45. The van der Waals surface area contributed by atoms with Gasteiger partial charge in [-0.15, -0.1) is 0 Å². The first-order valence-electron chi connectivity index (χ1n) is 12.4. The van der Waals surface area contributed by atoms with Crippen LogP contribution in [0.1, 0.15) is 75.5 Å². The first-order chi connectivity index (χ1) is 15.4. The lowest BCUT2D eigenvalue weighted by molar-refractivity contribution is -0.141. The molecule has 0 aromatic carbocycles. The Kier molecular flexibility index (Phi) is 6.36. The van der Waals surface area contributed by atoms with Crippen LogP contribution in [0.15, 0.2) is 6.20 Å². The first kappa shape index (κ1) is 22.4. The zero-order valence-electron chi connectivity index (χ0n) is 18.7. The van der Waals surface area contributed by atoms with Gasteiger partial charge in [-0.3, -0.25) is 0 Å². The molecule has 4 bridgehead atoms. The van der Waals surface area contributed by atoms with Crippen molar-refractivity contribution in [1.82, 2.24) is 15.3 Å². The Labute approximate surface area is 188 Å². The van der Waals surface area contributed by atoms with Crippen LogP contribution in [0.2, 0.25) is 0 Å². The third kappa shape index (κ3) is 5.06. The van der Waals surface area contributed by atoms with E-state index >= 15 is 0 Å². The van der Waals surface area contributed by atoms with E-state index in [4.69, 9.17) is 4.74 Å². The number of hydrogen-bond donors (Lipinski definition) is 2. The lowest BCUT2D eigenvalue weighted by atomic mass is 9.65. The van der Waals surface area contributed by atoms with Crippen LogP contribution in [0.3, 0.4) is 0 Å². The summed E-state index contributed by atoms with van der Waals surface area (Å²) >= 11 is 0. The molecule has 5 aliphatic rings. The average molecular weight is 453 g/mol. The monoisotopic (exact) mass is 452 g/mol. The van der Waals surface area contributed by atoms with Crippen molar-refractivity contribution in [3.63, 3.8) is 0 Å². The maximum absolute atomic E-state index is 13.8. The highest BCUT2D eigenvalue weighted by Gasteiger charge is 2.48. The maximum atomic E-state index is 13.8. The number of hydrogen-bond acceptors (Lipinski definition) is 5. The van der Waals surface area contributed by atoms with Gasteiger partial charge in [0.05, 0.1) is 0 Å². The molecule has 2 unspecified atom stereocenters. The van der Waals surface area contributed by atoms with E-state index in [2.05, 4.69) is 20.6 Å². The van der Waals surface area contributed by atoms with Gasteiger partial charge < -0.3 is 15.4 Å². The molecule has 4 aliphatic carbocycles. The molecule has 2 N–H and O–H groups in total. The number of fused-ring (bicyclic) bond motifs is 1. The molecule has 8 heteroatoms. The highest BCUT2D eigenvalue weighted by atomic mass is 19.4. The molecule has 5 fully saturated rings. The molecule has 5 nitrogen and oxygen atoms in total. The third-order valence-electron chi connectivity index (χ3n) is 8.29. The number of aromatic nitrogens is 2. The molecule has 2 heterocycles. The molecule has 1 aromatic rings. The Bertz CT molecular complexity index is 782. The minimum atomic E-state index is -4.49. The zero-order valence-corrected chi connectivity index (χ0v) is 18.7. The number of rotatable bonds is 7. The molecule has 4 saturated carbocycles. The summed E-state index contributed by atoms with van der Waals surface area (Å²) < 4.78 is 46.9. The summed E-state index contributed by atoms with van der Waals surface area (Å²) in [7, 11) is 0. The number of alkyl halides is 3. The Morgan fingerprint density at radius 2 is 1.75 bits per heavy atom. The molecule has 2 atom stereocenters. The van der Waals surface area contributed by atoms with Crippen molar-refractivity contribution in [2.45, 2.75) is 82.5 Å². The van der Waals surface area contributed by atoms with Crippen molar-refractivity contribution in [3.05, 3.63) is 17.5 Å². The smallest absolute Gasteiger partial charge is 0.381 e. The molecule has 1 aliphatic heterocycles. The SMILES string of the molecule is FC(F)(F)c1nc(NC23CCC4CC(CC(C4)C2)C3)ncc1CNCCC1CCOCC1. The van der Waals surface area contributed by atoms with Gasteiger partial charge in [0.1, 0.15) is 0 Å². The van der Waals surface area contributed by atoms with Crippen LogP contribution in [0, 0.1) is 23.7 Å². The van der Waals surface area contributed by atoms with Crippen LogP contribution in [0.5, 0.6) is 0 Å². The van der Waals surface area contributed by atoms with Gasteiger partial charge in [-0.1, -0.05) is 0 Å². The van der Waals surface area contributed by atoms with Crippen molar-refractivity contribution in [2.24, 2.45) is 23.7 Å². The van der Waals surface area contributed by atoms with E-state index in [9.17, 15) is 13.2 Å². The van der Waals surface area contributed by atoms with Crippen molar-refractivity contribution < 1.29 is 17.9 Å². The Morgan fingerprint density at radius 1 is 1.03 bits per heavy atom. The summed E-state index contributed by atoms with van der Waals surface area (Å²) in [6, 6.07) is 0. The minimum Gasteiger partial charge on any atom is -0.381 e. The fourth-order valence-corrected chi connectivity index (χ4v) is 6.95. The molecular weight excluding hydrogens is 417 g/mol. The first-order valence-corrected chi connectivity index (χ1v) is 12.4. The molecule has 1 aromatic heterocycles. The Balaban J connectivity index is 1.25. The fraction of sp³-hybridized carbons (Fsp3) is 0.833. The molecule has 0 radical (unpaired) electrons. The van der Waals surface area contributed by atoms with Crippen molar-refractivity contribution in [3.8, 4) is 0 Å². The number of ether oxygens (including phenoxy) is 1. The second-order valence-corrected chi connectivity index (χ2v) is 10.7. The number of nitrogens with zero attached hydrogens (tertiary/aromatic N) is 2. The van der Waals surface area contributed by atoms with E-state index in [1.807, 2.05) is 0 Å². The average Bonchev–Trinajstić information content (AvgIpc) is 2.95. The predicted octanol–water partition coefficient (Wildman–Crippen LogP) is 5.17. The lowest BCUT2D eigenvalue weighted by Gasteiger charge is -2.45. The molecular formula is C24H35F3N4O. The van der Waals surface area contributed by atoms with Crippen LogP contribution >= 0.6 is 0 Å². The van der Waals surface area contributed by atoms with Crippen LogP contribution in [-0.2, 0) is 17.5 Å². The molecule has 1 saturated heterocycles. The van der Waals surface area contributed by atoms with E-state index in [0.717, 1.165) is 57.7 Å². The summed E-state index contributed by atoms with van der Waals surface area (Å²) in [6.07, 6.45) is 8.02. The van der Waals surface area contributed by atoms with Crippen LogP contribution in [0.25, 0.3) is 0 Å². The van der Waals surface area contributed by atoms with Gasteiger partial charge in [-0.05, 0) is 94.4 Å². The Hall–Kier alpha value is -1.41. The third-order valence-corrected chi connectivity index (χ3v) is 8.29. The van der Waals surface area contributed by atoms with E-state index in [0.29, 0.717) is 24.3 Å². The topological polar surface area (TPSA) is 59.1 Å². The van der Waals surface area contributed by atoms with E-state index in [-0.39, 0.29) is 23.6 Å². The highest BCUT2D eigenvalue weighted by molar-refractivity contribution is 5.35. The van der Waals surface area contributed by atoms with E-state index in [1.165, 1.54) is 31.9 Å². The quantitative estimate of drug-likeness (QED) is 0.559. The fourth-order valence-electron chi connectivity index (χ4n) is 6.95. The van der Waals surface area contributed by atoms with Crippen molar-refractivity contribution in [2.75, 3.05) is 25.1 Å². The molecule has 0 amide bonds. The van der Waals surface area contributed by atoms with Crippen LogP contribution in [-0.4, -0.2) is 35.3 Å². The van der Waals surface area contributed by atoms with Crippen LogP contribution < -0.4 is 10.6 Å². The summed E-state index contributed by atoms with van der Waals surface area (Å²) in [4.78, 5) is 8.36. The van der Waals surface area contributed by atoms with Gasteiger partial charge in [0, 0.05) is 37.1 Å². The van der Waals surface area contributed by atoms with Gasteiger partial charge in [-0.2, -0.15) is 13.2 Å². The second-order valence-electron chi connectivity index (χ2n) is 10.7. The molecule has 6 rings (SSSR count). The highest BCUT2D eigenvalue weighted by Crippen LogP contribution is 2.53. The van der Waals surface area contributed by atoms with Crippen LogP contribution in [0.4, 0.5) is 19.1 Å². The maximum Gasteiger partial charge on any atom is 0.433 e. The number of halogens is 3. The minimum absolute atomic E-state index is 0.122. The largest absolute Gasteiger partial charge is 0.433 e. The van der Waals surface area contributed by atoms with Crippen molar-refractivity contribution in [1.29, 1.82) is 0 Å². The van der Waals surface area contributed by atoms with E-state index < -0.39 is 11.9 Å². The molecule has 178 valence electrons. The Morgan fingerprint density at radius 3 is 2.47 bits per heavy atom. The van der Waals surface area contributed by atoms with Gasteiger partial charge >= 0.3 is 6.18 Å². The molecule has 32 heavy (non-hydrogen) atoms. The summed E-state index contributed by atoms with van der Waals surface area (Å²) in [5, 5.41) is 6.59. The molecule has 0 spiro atoms. The summed E-state index contributed by atoms with van der Waals surface area (Å²) in [5.41, 5.74) is -0.821. The van der Waals surface area contributed by atoms with E-state index in [1.54, 1.807) is 0 Å². The number of nitrogens with one attached hydrogen (secondary N) is 2. The zero-order chi connectivity index (χ0) is 22.2. The van der Waals surface area contributed by atoms with Gasteiger partial charge in [-0.25, -0.2) is 9.97 Å². The summed E-state index contributed by atoms with van der Waals surface area (Å²) in [6.45, 7) is 2.40. The van der Waals surface area contributed by atoms with Gasteiger partial charge in [0.2, 0.25) is 5.95 Å². The predicted molar refractivity (Wildman–Crippen MR) is 116 cm³/mol. The standard InChI is InChI=1S/C24H35F3N4O/c25-24(26,27)21-20(14-28-6-2-16-3-7-32-8-4-16)15-29-22(30-21)31-23-5-1-17-9-18(12-23)11-19(10-17)13-23/h15-19,28H,1-14H2,(H,29,30,31). The van der Waals surface area contributed by atoms with Gasteiger partial charge in [0.25, 0.3) is 0 Å². The second kappa shape index (κ2) is 9.09.